The molecule has 154 valence electrons. The number of hydrogen-bond donors (Lipinski definition) is 1. The van der Waals surface area contributed by atoms with Gasteiger partial charge in [0.1, 0.15) is 17.0 Å². The van der Waals surface area contributed by atoms with E-state index in [1.54, 1.807) is 37.3 Å². The van der Waals surface area contributed by atoms with Crippen molar-refractivity contribution in [1.82, 2.24) is 19.6 Å². The number of alkyl halides is 3. The first-order valence-electron chi connectivity index (χ1n) is 9.62. The molecule has 4 aromatic rings. The zero-order valence-electron chi connectivity index (χ0n) is 16.0. The number of oxazole rings is 1. The van der Waals surface area contributed by atoms with Crippen LogP contribution in [0.25, 0.3) is 28.2 Å². The Kier molecular flexibility index (Phi) is 4.09. The highest BCUT2D eigenvalue weighted by atomic mass is 19.4. The van der Waals surface area contributed by atoms with Gasteiger partial charge in [-0.3, -0.25) is 4.79 Å². The molecular weight excluding hydrogens is 397 g/mol. The molecule has 3 heterocycles. The second-order valence-electron chi connectivity index (χ2n) is 7.37. The predicted molar refractivity (Wildman–Crippen MR) is 103 cm³/mol. The molecule has 0 aliphatic heterocycles. The molecule has 0 fully saturated rings. The number of H-pyrrole nitrogens is 1. The summed E-state index contributed by atoms with van der Waals surface area (Å²) in [5, 5.41) is 3.65. The Morgan fingerprint density at radius 3 is 2.53 bits per heavy atom. The lowest BCUT2D eigenvalue weighted by molar-refractivity contribution is -0.140. The van der Waals surface area contributed by atoms with Crippen molar-refractivity contribution in [3.8, 4) is 22.6 Å². The fraction of sp³-hybridized carbons (Fsp3) is 0.286. The van der Waals surface area contributed by atoms with E-state index in [0.717, 1.165) is 41.7 Å². The van der Waals surface area contributed by atoms with Gasteiger partial charge in [0.05, 0.1) is 11.3 Å². The smallest absolute Gasteiger partial charge is 0.435 e. The first-order valence-corrected chi connectivity index (χ1v) is 9.62. The third-order valence-corrected chi connectivity index (χ3v) is 5.36. The molecular formula is C21H17F3N4O2. The number of aromatic amines is 1. The molecule has 0 saturated heterocycles. The quantitative estimate of drug-likeness (QED) is 0.522. The van der Waals surface area contributed by atoms with Crippen LogP contribution >= 0.6 is 0 Å². The summed E-state index contributed by atoms with van der Waals surface area (Å²) >= 11 is 0. The molecule has 1 aliphatic rings. The molecule has 6 nitrogen and oxygen atoms in total. The largest absolute Gasteiger partial charge is 0.441 e. The number of halogens is 3. The highest BCUT2D eigenvalue weighted by Crippen LogP contribution is 2.38. The zero-order chi connectivity index (χ0) is 21.0. The lowest BCUT2D eigenvalue weighted by atomic mass is 10.0. The normalized spacial score (nSPS) is 14.3. The number of fused-ring (bicyclic) bond motifs is 2. The molecule has 0 unspecified atom stereocenters. The zero-order valence-corrected chi connectivity index (χ0v) is 16.0. The maximum atomic E-state index is 13.8. The van der Waals surface area contributed by atoms with Gasteiger partial charge in [-0.1, -0.05) is 30.3 Å². The fourth-order valence-electron chi connectivity index (χ4n) is 3.97. The van der Waals surface area contributed by atoms with Crippen LogP contribution < -0.4 is 5.56 Å². The summed E-state index contributed by atoms with van der Waals surface area (Å²) in [7, 11) is 0. The van der Waals surface area contributed by atoms with E-state index < -0.39 is 17.4 Å². The predicted octanol–water partition coefficient (Wildman–Crippen LogP) is 4.55. The summed E-state index contributed by atoms with van der Waals surface area (Å²) in [5.41, 5.74) is -0.425. The molecule has 5 rings (SSSR count). The molecule has 1 aromatic carbocycles. The Labute approximate surface area is 168 Å². The van der Waals surface area contributed by atoms with Crippen LogP contribution in [0.2, 0.25) is 0 Å². The number of benzene rings is 1. The molecule has 0 atom stereocenters. The van der Waals surface area contributed by atoms with Gasteiger partial charge in [-0.25, -0.2) is 4.98 Å². The van der Waals surface area contributed by atoms with Gasteiger partial charge in [0.2, 0.25) is 5.89 Å². The van der Waals surface area contributed by atoms with Gasteiger partial charge in [0.15, 0.2) is 5.69 Å². The maximum Gasteiger partial charge on any atom is 0.435 e. The van der Waals surface area contributed by atoms with Crippen LogP contribution in [0.1, 0.15) is 35.7 Å². The molecule has 0 amide bonds. The molecule has 9 heteroatoms. The van der Waals surface area contributed by atoms with Crippen LogP contribution in [0, 0.1) is 6.92 Å². The first kappa shape index (κ1) is 18.7. The summed E-state index contributed by atoms with van der Waals surface area (Å²) in [4.78, 5) is 20.6. The minimum absolute atomic E-state index is 0.0175. The van der Waals surface area contributed by atoms with Crippen molar-refractivity contribution >= 4 is 5.65 Å². The van der Waals surface area contributed by atoms with Crippen molar-refractivity contribution in [2.24, 2.45) is 0 Å². The summed E-state index contributed by atoms with van der Waals surface area (Å²) in [6.45, 7) is 1.62. The Balaban J connectivity index is 1.80. The van der Waals surface area contributed by atoms with E-state index in [-0.39, 0.29) is 22.7 Å². The van der Waals surface area contributed by atoms with Crippen molar-refractivity contribution < 1.29 is 17.6 Å². The molecule has 1 N–H and O–H groups in total. The summed E-state index contributed by atoms with van der Waals surface area (Å²) in [6.07, 6.45) is -1.27. The van der Waals surface area contributed by atoms with E-state index in [1.807, 2.05) is 0 Å². The number of nitrogens with zero attached hydrogens (tertiary/aromatic N) is 3. The average molecular weight is 414 g/mol. The Morgan fingerprint density at radius 1 is 1.10 bits per heavy atom. The Hall–Kier alpha value is -3.36. The highest BCUT2D eigenvalue weighted by Gasteiger charge is 2.39. The summed E-state index contributed by atoms with van der Waals surface area (Å²) in [6, 6.07) is 8.08. The highest BCUT2D eigenvalue weighted by molar-refractivity contribution is 5.81. The van der Waals surface area contributed by atoms with Gasteiger partial charge >= 0.3 is 6.18 Å². The van der Waals surface area contributed by atoms with Gasteiger partial charge in [-0.2, -0.15) is 22.8 Å². The second kappa shape index (κ2) is 6.58. The topological polar surface area (TPSA) is 76.2 Å². The van der Waals surface area contributed by atoms with Crippen molar-refractivity contribution in [3.05, 3.63) is 63.5 Å². The maximum absolute atomic E-state index is 13.8. The number of hydrogen-bond acceptors (Lipinski definition) is 4. The van der Waals surface area contributed by atoms with E-state index in [0.29, 0.717) is 11.3 Å². The monoisotopic (exact) mass is 414 g/mol. The Morgan fingerprint density at radius 2 is 1.83 bits per heavy atom. The van der Waals surface area contributed by atoms with E-state index in [4.69, 9.17) is 4.42 Å². The summed E-state index contributed by atoms with van der Waals surface area (Å²) in [5.74, 6) is 0.851. The fourth-order valence-corrected chi connectivity index (χ4v) is 3.97. The van der Waals surface area contributed by atoms with Crippen LogP contribution in [0.5, 0.6) is 0 Å². The molecule has 0 spiro atoms. The second-order valence-corrected chi connectivity index (χ2v) is 7.37. The van der Waals surface area contributed by atoms with E-state index >= 15 is 0 Å². The lowest BCUT2D eigenvalue weighted by Crippen LogP contribution is -2.20. The van der Waals surface area contributed by atoms with Gasteiger partial charge in [0.25, 0.3) is 5.56 Å². The van der Waals surface area contributed by atoms with Crippen molar-refractivity contribution in [3.63, 3.8) is 0 Å². The number of rotatable bonds is 2. The van der Waals surface area contributed by atoms with Crippen LogP contribution in [0.3, 0.4) is 0 Å². The van der Waals surface area contributed by atoms with Crippen LogP contribution in [-0.4, -0.2) is 19.6 Å². The molecule has 1 aliphatic carbocycles. The minimum Gasteiger partial charge on any atom is -0.441 e. The van der Waals surface area contributed by atoms with E-state index in [2.05, 4.69) is 15.1 Å². The summed E-state index contributed by atoms with van der Waals surface area (Å²) < 4.78 is 47.8. The average Bonchev–Trinajstić information content (AvgIpc) is 3.30. The van der Waals surface area contributed by atoms with Gasteiger partial charge in [-0.15, -0.1) is 0 Å². The van der Waals surface area contributed by atoms with Gasteiger partial charge in [0, 0.05) is 12.1 Å². The molecule has 30 heavy (non-hydrogen) atoms. The van der Waals surface area contributed by atoms with E-state index in [9.17, 15) is 18.0 Å². The molecule has 0 bridgehead atoms. The van der Waals surface area contributed by atoms with Crippen molar-refractivity contribution in [1.29, 1.82) is 0 Å². The first-order chi connectivity index (χ1) is 14.3. The molecule has 0 radical (unpaired) electrons. The van der Waals surface area contributed by atoms with Crippen LogP contribution in [-0.2, 0) is 19.0 Å². The van der Waals surface area contributed by atoms with Crippen LogP contribution in [0.4, 0.5) is 13.2 Å². The third-order valence-electron chi connectivity index (χ3n) is 5.36. The molecule has 3 aromatic heterocycles. The minimum atomic E-state index is -4.73. The molecule has 0 saturated carbocycles. The van der Waals surface area contributed by atoms with Gasteiger partial charge < -0.3 is 9.40 Å². The SMILES string of the molecule is Cc1[nH]c2c(-c3ccccc3)c(C(F)(F)F)nn2c(=O)c1-c1nc2c(o1)CCCC2. The van der Waals surface area contributed by atoms with Crippen LogP contribution in [0.15, 0.2) is 39.5 Å². The van der Waals surface area contributed by atoms with Gasteiger partial charge in [-0.05, 0) is 31.7 Å². The lowest BCUT2D eigenvalue weighted by Gasteiger charge is -2.07. The standard InChI is InChI=1S/C21H17F3N4O2/c1-11-15(19-26-13-9-5-6-10-14(13)30-19)20(29)28-18(25-11)16(12-7-3-2-4-8-12)17(27-28)21(22,23)24/h2-4,7-8,25H,5-6,9-10H2,1H3. The number of nitrogens with one attached hydrogen (secondary N) is 1. The van der Waals surface area contributed by atoms with Crippen molar-refractivity contribution in [2.45, 2.75) is 38.8 Å². The third kappa shape index (κ3) is 2.84. The van der Waals surface area contributed by atoms with Crippen molar-refractivity contribution in [2.75, 3.05) is 0 Å². The Bertz CT molecular complexity index is 1290. The number of aryl methyl sites for hydroxylation is 3. The number of aromatic nitrogens is 4. The van der Waals surface area contributed by atoms with E-state index in [1.165, 1.54) is 0 Å².